The van der Waals surface area contributed by atoms with Gasteiger partial charge < -0.3 is 20.4 Å². The van der Waals surface area contributed by atoms with Gasteiger partial charge in [-0.1, -0.05) is 64.7 Å². The Morgan fingerprint density at radius 2 is 1.28 bits per heavy atom. The number of carbonyl (C=O) groups excluding carboxylic acids is 1. The van der Waals surface area contributed by atoms with E-state index in [2.05, 4.69) is 17.4 Å². The molecule has 0 amide bonds. The normalized spacial score (nSPS) is 9.50. The summed E-state index contributed by atoms with van der Waals surface area (Å²) in [6.07, 6.45) is 11.0. The van der Waals surface area contributed by atoms with E-state index in [1.54, 1.807) is 7.05 Å². The molecule has 0 bridgehead atoms. The first-order valence-electron chi connectivity index (χ1n) is 7.32. The van der Waals surface area contributed by atoms with Gasteiger partial charge in [-0.05, 0) is 6.42 Å². The molecule has 0 heterocycles. The number of rotatable bonds is 11. The number of unbranched alkanes of at least 4 members (excludes halogenated alkanes) is 9. The first-order valence-corrected chi connectivity index (χ1v) is 7.32. The second kappa shape index (κ2) is 18.6. The third-order valence-corrected chi connectivity index (χ3v) is 2.72. The van der Waals surface area contributed by atoms with Gasteiger partial charge in [-0.3, -0.25) is 0 Å². The minimum Gasteiger partial charge on any atom is -0.550 e. The van der Waals surface area contributed by atoms with Gasteiger partial charge in [0.2, 0.25) is 0 Å². The average Bonchev–Trinajstić information content (AvgIpc) is 2.38. The van der Waals surface area contributed by atoms with Gasteiger partial charge >= 0.3 is 0 Å². The highest BCUT2D eigenvalue weighted by molar-refractivity contribution is 5.53. The minimum atomic E-state index is -1.41. The number of hydrogen-bond acceptors (Lipinski definition) is 3. The molecule has 0 unspecified atom stereocenters. The monoisotopic (exact) mass is 261 g/mol. The van der Waals surface area contributed by atoms with E-state index in [9.17, 15) is 9.90 Å². The number of carbonyl (C=O) groups is 1. The fourth-order valence-corrected chi connectivity index (χ4v) is 1.75. The molecule has 110 valence electrons. The number of quaternary nitrogens is 1. The smallest absolute Gasteiger partial charge is 0.251 e. The van der Waals surface area contributed by atoms with Gasteiger partial charge in [-0.2, -0.15) is 0 Å². The summed E-state index contributed by atoms with van der Waals surface area (Å²) >= 11 is 0. The van der Waals surface area contributed by atoms with Gasteiger partial charge in [0.05, 0.1) is 7.05 Å². The maximum absolute atomic E-state index is 9.93. The maximum atomic E-state index is 9.93. The van der Waals surface area contributed by atoms with E-state index in [1.807, 2.05) is 0 Å². The lowest BCUT2D eigenvalue weighted by Crippen LogP contribution is -2.40. The Hall–Kier alpha value is -0.770. The largest absolute Gasteiger partial charge is 0.550 e. The van der Waals surface area contributed by atoms with Crippen molar-refractivity contribution >= 4 is 6.16 Å². The van der Waals surface area contributed by atoms with E-state index in [0.29, 0.717) is 6.61 Å². The zero-order valence-corrected chi connectivity index (χ0v) is 12.2. The topological polar surface area (TPSA) is 77.0 Å². The molecule has 0 spiro atoms. The van der Waals surface area contributed by atoms with E-state index >= 15 is 0 Å². The van der Waals surface area contributed by atoms with Crippen LogP contribution in [-0.4, -0.2) is 19.8 Å². The van der Waals surface area contributed by atoms with Crippen molar-refractivity contribution in [3.63, 3.8) is 0 Å². The lowest BCUT2D eigenvalue weighted by Gasteiger charge is -2.07. The van der Waals surface area contributed by atoms with Crippen molar-refractivity contribution in [1.82, 2.24) is 0 Å². The van der Waals surface area contributed by atoms with Crippen molar-refractivity contribution in [2.45, 2.75) is 71.1 Å². The molecule has 0 aliphatic rings. The van der Waals surface area contributed by atoms with Crippen molar-refractivity contribution in [1.29, 1.82) is 0 Å². The van der Waals surface area contributed by atoms with Gasteiger partial charge in [0.25, 0.3) is 6.16 Å². The molecule has 0 saturated heterocycles. The standard InChI is InChI=1S/C13H26O3.CH5N/c1-2-3-4-5-6-7-8-9-10-11-12-16-13(14)15;1-2/h2-12H2,1H3,(H,14,15);2H2,1H3. The Morgan fingerprint density at radius 3 is 1.67 bits per heavy atom. The zero-order valence-electron chi connectivity index (χ0n) is 12.2. The molecule has 4 heteroatoms. The number of ether oxygens (including phenoxy) is 1. The first kappa shape index (κ1) is 19.6. The van der Waals surface area contributed by atoms with Crippen molar-refractivity contribution in [2.24, 2.45) is 0 Å². The van der Waals surface area contributed by atoms with Gasteiger partial charge in [0.1, 0.15) is 0 Å². The molecule has 0 atom stereocenters. The lowest BCUT2D eigenvalue weighted by molar-refractivity contribution is -0.325. The molecule has 0 aliphatic carbocycles. The Bertz CT molecular complexity index is 163. The third kappa shape index (κ3) is 20.6. The van der Waals surface area contributed by atoms with Crippen molar-refractivity contribution < 1.29 is 20.4 Å². The van der Waals surface area contributed by atoms with Gasteiger partial charge in [-0.15, -0.1) is 0 Å². The molecule has 18 heavy (non-hydrogen) atoms. The Balaban J connectivity index is 0. The molecule has 4 nitrogen and oxygen atoms in total. The molecule has 3 N–H and O–H groups in total. The Kier molecular flexibility index (Phi) is 20.2. The summed E-state index contributed by atoms with van der Waals surface area (Å²) in [5, 5.41) is 9.93. The van der Waals surface area contributed by atoms with E-state index in [4.69, 9.17) is 0 Å². The van der Waals surface area contributed by atoms with E-state index in [0.717, 1.165) is 12.8 Å². The molecule has 0 rings (SSSR count). The van der Waals surface area contributed by atoms with Crippen LogP contribution in [0, 0.1) is 0 Å². The predicted octanol–water partition coefficient (Wildman–Crippen LogP) is 2.13. The van der Waals surface area contributed by atoms with Crippen LogP contribution in [0.4, 0.5) is 4.79 Å². The SMILES string of the molecule is CCCCCCCCCCCCOC(=O)[O-].C[NH3+]. The summed E-state index contributed by atoms with van der Waals surface area (Å²) in [4.78, 5) is 9.93. The third-order valence-electron chi connectivity index (χ3n) is 2.72. The molecule has 0 saturated carbocycles. The summed E-state index contributed by atoms with van der Waals surface area (Å²) in [5.74, 6) is 0. The highest BCUT2D eigenvalue weighted by Crippen LogP contribution is 2.10. The summed E-state index contributed by atoms with van der Waals surface area (Å²) in [7, 11) is 1.75. The van der Waals surface area contributed by atoms with Gasteiger partial charge in [0, 0.05) is 6.61 Å². The van der Waals surface area contributed by atoms with E-state index in [-0.39, 0.29) is 0 Å². The Morgan fingerprint density at radius 1 is 0.889 bits per heavy atom. The van der Waals surface area contributed by atoms with E-state index < -0.39 is 6.16 Å². The molecule has 0 aromatic rings. The van der Waals surface area contributed by atoms with Gasteiger partial charge in [-0.25, -0.2) is 0 Å². The second-order valence-electron chi connectivity index (χ2n) is 4.28. The second-order valence-corrected chi connectivity index (χ2v) is 4.28. The number of hydrogen-bond donors (Lipinski definition) is 1. The number of carboxylic acid groups (broad SMARTS) is 1. The molecule has 0 radical (unpaired) electrons. The first-order chi connectivity index (χ1) is 8.77. The van der Waals surface area contributed by atoms with Gasteiger partial charge in [0.15, 0.2) is 0 Å². The quantitative estimate of drug-likeness (QED) is 0.457. The molecule has 0 aromatic carbocycles. The van der Waals surface area contributed by atoms with Crippen LogP contribution in [0.1, 0.15) is 71.1 Å². The highest BCUT2D eigenvalue weighted by Gasteiger charge is 1.92. The van der Waals surface area contributed by atoms with Crippen molar-refractivity contribution in [3.8, 4) is 0 Å². The molecule has 0 aliphatic heterocycles. The van der Waals surface area contributed by atoms with Crippen LogP contribution in [0.25, 0.3) is 0 Å². The summed E-state index contributed by atoms with van der Waals surface area (Å²) in [5.41, 5.74) is 3.25. The zero-order chi connectivity index (χ0) is 14.1. The summed E-state index contributed by atoms with van der Waals surface area (Å²) in [6, 6.07) is 0. The average molecular weight is 261 g/mol. The maximum Gasteiger partial charge on any atom is 0.251 e. The van der Waals surface area contributed by atoms with Crippen LogP contribution < -0.4 is 10.8 Å². The van der Waals surface area contributed by atoms with Crippen LogP contribution in [0.5, 0.6) is 0 Å². The lowest BCUT2D eigenvalue weighted by atomic mass is 10.1. The van der Waals surface area contributed by atoms with Crippen molar-refractivity contribution in [2.75, 3.05) is 13.7 Å². The van der Waals surface area contributed by atoms with Crippen LogP contribution in [-0.2, 0) is 4.74 Å². The summed E-state index contributed by atoms with van der Waals surface area (Å²) < 4.78 is 4.32. The van der Waals surface area contributed by atoms with E-state index in [1.165, 1.54) is 51.4 Å². The highest BCUT2D eigenvalue weighted by atomic mass is 16.7. The van der Waals surface area contributed by atoms with Crippen LogP contribution in [0.15, 0.2) is 0 Å². The van der Waals surface area contributed by atoms with Crippen molar-refractivity contribution in [3.05, 3.63) is 0 Å². The fraction of sp³-hybridized carbons (Fsp3) is 0.929. The minimum absolute atomic E-state index is 0.291. The molecular formula is C14H31NO3. The van der Waals surface area contributed by atoms with Crippen LogP contribution in [0.3, 0.4) is 0 Å². The summed E-state index contributed by atoms with van der Waals surface area (Å²) in [6.45, 7) is 2.52. The Labute approximate surface area is 112 Å². The fourth-order valence-electron chi connectivity index (χ4n) is 1.75. The van der Waals surface area contributed by atoms with Crippen LogP contribution in [0.2, 0.25) is 0 Å². The molecule has 0 fully saturated rings. The predicted molar refractivity (Wildman–Crippen MR) is 72.0 cm³/mol. The molecular weight excluding hydrogens is 230 g/mol. The molecule has 0 aromatic heterocycles. The van der Waals surface area contributed by atoms with Crippen LogP contribution >= 0.6 is 0 Å².